The van der Waals surface area contributed by atoms with Gasteiger partial charge in [0.25, 0.3) is 15.9 Å². The molecule has 0 amide bonds. The number of nitrogens with zero attached hydrogens (tertiary/aromatic N) is 2. The summed E-state index contributed by atoms with van der Waals surface area (Å²) in [6.45, 7) is 3.69. The fourth-order valence-corrected chi connectivity index (χ4v) is 4.51. The lowest BCUT2D eigenvalue weighted by Crippen LogP contribution is -2.44. The monoisotopic (exact) mass is 398 g/mol. The smallest absolute Gasteiger partial charge is 0.262 e. The third-order valence-corrected chi connectivity index (χ3v) is 6.67. The summed E-state index contributed by atoms with van der Waals surface area (Å²) in [6, 6.07) is 12.2. The van der Waals surface area contributed by atoms with Crippen LogP contribution in [-0.2, 0) is 15.6 Å². The number of aromatic nitrogens is 2. The summed E-state index contributed by atoms with van der Waals surface area (Å²) >= 11 is 0. The third kappa shape index (κ3) is 3.41. The molecular formula is C20H22N4O3S. The van der Waals surface area contributed by atoms with Crippen molar-refractivity contribution in [3.05, 3.63) is 59.4 Å². The van der Waals surface area contributed by atoms with Crippen molar-refractivity contribution < 1.29 is 12.9 Å². The van der Waals surface area contributed by atoms with Gasteiger partial charge in [-0.05, 0) is 62.9 Å². The molecule has 0 atom stereocenters. The Morgan fingerprint density at radius 2 is 1.82 bits per heavy atom. The molecule has 3 aromatic rings. The van der Waals surface area contributed by atoms with E-state index in [4.69, 9.17) is 10.3 Å². The number of sulfonamides is 1. The maximum atomic E-state index is 12.9. The molecule has 7 nitrogen and oxygen atoms in total. The molecule has 1 saturated carbocycles. The number of rotatable bonds is 5. The van der Waals surface area contributed by atoms with E-state index in [-0.39, 0.29) is 10.8 Å². The van der Waals surface area contributed by atoms with Gasteiger partial charge in [0.2, 0.25) is 0 Å². The minimum Gasteiger partial charge on any atom is -0.334 e. The van der Waals surface area contributed by atoms with Crippen molar-refractivity contribution in [2.24, 2.45) is 5.73 Å². The maximum Gasteiger partial charge on any atom is 0.262 e. The number of hydrogen-bond acceptors (Lipinski definition) is 6. The Kier molecular flexibility index (Phi) is 4.47. The average Bonchev–Trinajstić information content (AvgIpc) is 3.12. The van der Waals surface area contributed by atoms with Crippen molar-refractivity contribution in [3.8, 4) is 11.5 Å². The summed E-state index contributed by atoms with van der Waals surface area (Å²) in [5.74, 6) is 0.732. The van der Waals surface area contributed by atoms with E-state index < -0.39 is 15.6 Å². The Hall–Kier alpha value is -2.71. The van der Waals surface area contributed by atoms with Gasteiger partial charge in [-0.1, -0.05) is 28.9 Å². The van der Waals surface area contributed by atoms with Gasteiger partial charge in [0.05, 0.1) is 10.4 Å². The molecule has 0 aliphatic heterocycles. The van der Waals surface area contributed by atoms with Crippen molar-refractivity contribution in [2.75, 3.05) is 4.72 Å². The highest BCUT2D eigenvalue weighted by Crippen LogP contribution is 2.38. The molecular weight excluding hydrogens is 376 g/mol. The quantitative estimate of drug-likeness (QED) is 0.680. The largest absolute Gasteiger partial charge is 0.334 e. The van der Waals surface area contributed by atoms with E-state index in [0.717, 1.165) is 24.8 Å². The van der Waals surface area contributed by atoms with Crippen LogP contribution in [0, 0.1) is 13.8 Å². The third-order valence-electron chi connectivity index (χ3n) is 5.15. The van der Waals surface area contributed by atoms with Crippen molar-refractivity contribution in [1.82, 2.24) is 10.1 Å². The van der Waals surface area contributed by atoms with Gasteiger partial charge in [0.1, 0.15) is 0 Å². The fourth-order valence-electron chi connectivity index (χ4n) is 3.18. The van der Waals surface area contributed by atoms with Crippen LogP contribution in [0.2, 0.25) is 0 Å². The number of anilines is 1. The van der Waals surface area contributed by atoms with Crippen molar-refractivity contribution in [2.45, 2.75) is 43.5 Å². The molecule has 1 aliphatic carbocycles. The Labute approximate surface area is 164 Å². The van der Waals surface area contributed by atoms with Crippen molar-refractivity contribution in [1.29, 1.82) is 0 Å². The summed E-state index contributed by atoms with van der Waals surface area (Å²) in [5, 5.41) is 4.00. The molecule has 146 valence electrons. The Morgan fingerprint density at radius 3 is 2.46 bits per heavy atom. The summed E-state index contributed by atoms with van der Waals surface area (Å²) < 4.78 is 33.8. The number of nitrogens with one attached hydrogen (secondary N) is 1. The predicted molar refractivity (Wildman–Crippen MR) is 106 cm³/mol. The van der Waals surface area contributed by atoms with Crippen LogP contribution in [0.1, 0.15) is 36.2 Å². The van der Waals surface area contributed by atoms with Gasteiger partial charge in [-0.25, -0.2) is 8.42 Å². The molecule has 28 heavy (non-hydrogen) atoms. The molecule has 0 saturated heterocycles. The summed E-state index contributed by atoms with van der Waals surface area (Å²) in [6.07, 6.45) is 2.68. The molecule has 1 aromatic heterocycles. The lowest BCUT2D eigenvalue weighted by Gasteiger charge is -2.34. The lowest BCUT2D eigenvalue weighted by molar-refractivity contribution is 0.229. The van der Waals surface area contributed by atoms with Gasteiger partial charge in [-0.2, -0.15) is 4.98 Å². The van der Waals surface area contributed by atoms with Crippen LogP contribution in [0.3, 0.4) is 0 Å². The zero-order chi connectivity index (χ0) is 19.9. The molecule has 1 heterocycles. The molecule has 0 unspecified atom stereocenters. The van der Waals surface area contributed by atoms with E-state index >= 15 is 0 Å². The summed E-state index contributed by atoms with van der Waals surface area (Å²) in [5.41, 5.74) is 8.43. The van der Waals surface area contributed by atoms with E-state index in [0.29, 0.717) is 22.6 Å². The van der Waals surface area contributed by atoms with Gasteiger partial charge in [0.15, 0.2) is 5.82 Å². The van der Waals surface area contributed by atoms with Crippen molar-refractivity contribution >= 4 is 15.7 Å². The lowest BCUT2D eigenvalue weighted by atomic mass is 9.77. The first-order chi connectivity index (χ1) is 13.3. The predicted octanol–water partition coefficient (Wildman–Crippen LogP) is 3.49. The average molecular weight is 398 g/mol. The molecule has 8 heteroatoms. The van der Waals surface area contributed by atoms with Gasteiger partial charge in [0, 0.05) is 11.3 Å². The molecule has 3 N–H and O–H groups in total. The Morgan fingerprint density at radius 1 is 1.11 bits per heavy atom. The minimum atomic E-state index is -3.77. The molecule has 2 aromatic carbocycles. The molecule has 0 spiro atoms. The van der Waals surface area contributed by atoms with E-state index in [1.54, 1.807) is 37.3 Å². The second-order valence-corrected chi connectivity index (χ2v) is 9.04. The summed E-state index contributed by atoms with van der Waals surface area (Å²) in [4.78, 5) is 4.57. The standard InChI is InChI=1S/C20H22N4O3S/c1-13-4-8-16(9-5-13)24-28(25,26)17-12-15(7-6-14(17)2)18-22-19(23-27-18)20(21)10-3-11-20/h4-9,12,24H,3,10-11,21H2,1-2H3. The van der Waals surface area contributed by atoms with E-state index in [9.17, 15) is 8.42 Å². The second-order valence-electron chi connectivity index (χ2n) is 7.38. The molecule has 4 rings (SSSR count). The number of nitrogens with two attached hydrogens (primary N) is 1. The van der Waals surface area contributed by atoms with Crippen molar-refractivity contribution in [3.63, 3.8) is 0 Å². The first-order valence-corrected chi connectivity index (χ1v) is 10.6. The SMILES string of the molecule is Cc1ccc(NS(=O)(=O)c2cc(-c3nc(C4(N)CCC4)no3)ccc2C)cc1. The Balaban J connectivity index is 1.66. The van der Waals surface area contributed by atoms with Crippen LogP contribution < -0.4 is 10.5 Å². The van der Waals surface area contributed by atoms with Gasteiger partial charge < -0.3 is 10.3 Å². The van der Waals surface area contributed by atoms with Crippen LogP contribution in [0.5, 0.6) is 0 Å². The maximum absolute atomic E-state index is 12.9. The number of benzene rings is 2. The topological polar surface area (TPSA) is 111 Å². The molecule has 1 aliphatic rings. The van der Waals surface area contributed by atoms with Crippen LogP contribution in [0.4, 0.5) is 5.69 Å². The van der Waals surface area contributed by atoms with E-state index in [2.05, 4.69) is 14.9 Å². The van der Waals surface area contributed by atoms with Crippen LogP contribution in [-0.4, -0.2) is 18.6 Å². The van der Waals surface area contributed by atoms with Gasteiger partial charge in [-0.3, -0.25) is 4.72 Å². The minimum absolute atomic E-state index is 0.163. The van der Waals surface area contributed by atoms with Crippen LogP contribution >= 0.6 is 0 Å². The number of aryl methyl sites for hydroxylation is 2. The first-order valence-electron chi connectivity index (χ1n) is 9.10. The second kappa shape index (κ2) is 6.72. The first kappa shape index (κ1) is 18.6. The van der Waals surface area contributed by atoms with Crippen LogP contribution in [0.15, 0.2) is 51.9 Å². The molecule has 1 fully saturated rings. The highest BCUT2D eigenvalue weighted by molar-refractivity contribution is 7.92. The normalized spacial score (nSPS) is 15.8. The Bertz CT molecular complexity index is 1120. The fraction of sp³-hybridized carbons (Fsp3) is 0.300. The van der Waals surface area contributed by atoms with Gasteiger partial charge >= 0.3 is 0 Å². The molecule has 0 bridgehead atoms. The zero-order valence-electron chi connectivity index (χ0n) is 15.8. The van der Waals surface area contributed by atoms with Crippen LogP contribution in [0.25, 0.3) is 11.5 Å². The van der Waals surface area contributed by atoms with E-state index in [1.165, 1.54) is 0 Å². The molecule has 0 radical (unpaired) electrons. The highest BCUT2D eigenvalue weighted by Gasteiger charge is 2.39. The zero-order valence-corrected chi connectivity index (χ0v) is 16.6. The summed E-state index contributed by atoms with van der Waals surface area (Å²) in [7, 11) is -3.77. The highest BCUT2D eigenvalue weighted by atomic mass is 32.2. The van der Waals surface area contributed by atoms with E-state index in [1.807, 2.05) is 19.1 Å². The number of hydrogen-bond donors (Lipinski definition) is 2. The van der Waals surface area contributed by atoms with Gasteiger partial charge in [-0.15, -0.1) is 0 Å².